The van der Waals surface area contributed by atoms with E-state index in [2.05, 4.69) is 75.4 Å². The summed E-state index contributed by atoms with van der Waals surface area (Å²) in [4.78, 5) is 13.1. The van der Waals surface area contributed by atoms with E-state index in [0.29, 0.717) is 18.1 Å². The highest BCUT2D eigenvalue weighted by Gasteiger charge is 2.27. The summed E-state index contributed by atoms with van der Waals surface area (Å²) < 4.78 is 0. The first-order valence-electron chi connectivity index (χ1n) is 12.1. The molecule has 0 spiro atoms. The summed E-state index contributed by atoms with van der Waals surface area (Å²) in [5, 5.41) is 0. The lowest BCUT2D eigenvalue weighted by molar-refractivity contribution is -0.120. The Morgan fingerprint density at radius 2 is 1.74 bits per heavy atom. The van der Waals surface area contributed by atoms with E-state index in [1.54, 1.807) is 5.57 Å². The predicted octanol–water partition coefficient (Wildman–Crippen LogP) is 7.60. The monoisotopic (exact) mass is 412 g/mol. The van der Waals surface area contributed by atoms with E-state index in [1.807, 2.05) is 0 Å². The molecular formula is C30H36O. The molecule has 0 saturated carbocycles. The van der Waals surface area contributed by atoms with Gasteiger partial charge in [0.05, 0.1) is 0 Å². The highest BCUT2D eigenvalue weighted by molar-refractivity contribution is 5.86. The second-order valence-corrected chi connectivity index (χ2v) is 9.48. The van der Waals surface area contributed by atoms with Crippen molar-refractivity contribution in [2.24, 2.45) is 5.92 Å². The number of hydrogen-bond acceptors (Lipinski definition) is 1. The molecule has 2 aromatic carbocycles. The van der Waals surface area contributed by atoms with E-state index in [4.69, 9.17) is 0 Å². The van der Waals surface area contributed by atoms with Crippen molar-refractivity contribution in [3.63, 3.8) is 0 Å². The van der Waals surface area contributed by atoms with Crippen LogP contribution in [-0.4, -0.2) is 5.78 Å². The molecule has 2 atom stereocenters. The Labute approximate surface area is 188 Å². The molecule has 2 aromatic rings. The minimum Gasteiger partial charge on any atom is -0.299 e. The SMILES string of the molecule is CCC1C(CCC(=O)C2CCCc3ccccc32)=CC=C1CCc1ccc(C)cc1C. The third-order valence-corrected chi connectivity index (χ3v) is 7.41. The molecule has 2 unspecified atom stereocenters. The molecule has 31 heavy (non-hydrogen) atoms. The molecule has 1 nitrogen and oxygen atoms in total. The van der Waals surface area contributed by atoms with Crippen LogP contribution in [0.5, 0.6) is 0 Å². The van der Waals surface area contributed by atoms with Gasteiger partial charge in [0.1, 0.15) is 5.78 Å². The Kier molecular flexibility index (Phi) is 6.90. The summed E-state index contributed by atoms with van der Waals surface area (Å²) >= 11 is 0. The maximum Gasteiger partial charge on any atom is 0.140 e. The fourth-order valence-corrected chi connectivity index (χ4v) is 5.66. The maximum absolute atomic E-state index is 13.1. The van der Waals surface area contributed by atoms with Crippen LogP contribution in [0, 0.1) is 19.8 Å². The summed E-state index contributed by atoms with van der Waals surface area (Å²) in [5.74, 6) is 1.08. The molecule has 0 amide bonds. The Morgan fingerprint density at radius 3 is 2.52 bits per heavy atom. The number of aryl methyl sites for hydroxylation is 4. The lowest BCUT2D eigenvalue weighted by Crippen LogP contribution is -2.19. The van der Waals surface area contributed by atoms with Gasteiger partial charge in [-0.2, -0.15) is 0 Å². The first-order chi connectivity index (χ1) is 15.1. The molecule has 0 aromatic heterocycles. The smallest absolute Gasteiger partial charge is 0.140 e. The minimum atomic E-state index is 0.115. The summed E-state index contributed by atoms with van der Waals surface area (Å²) in [6, 6.07) is 15.4. The van der Waals surface area contributed by atoms with Crippen molar-refractivity contribution in [1.82, 2.24) is 0 Å². The summed E-state index contributed by atoms with van der Waals surface area (Å²) in [5.41, 5.74) is 9.89. The number of rotatable bonds is 8. The first-order valence-corrected chi connectivity index (χ1v) is 12.1. The van der Waals surface area contributed by atoms with Crippen LogP contribution in [0.25, 0.3) is 0 Å². The van der Waals surface area contributed by atoms with E-state index in [9.17, 15) is 4.79 Å². The van der Waals surface area contributed by atoms with Crippen molar-refractivity contribution in [3.05, 3.63) is 93.6 Å². The van der Waals surface area contributed by atoms with E-state index in [1.165, 1.54) is 33.4 Å². The number of Topliss-reactive ketones (excluding diaryl/α,β-unsaturated/α-hetero) is 1. The van der Waals surface area contributed by atoms with Crippen LogP contribution < -0.4 is 0 Å². The number of allylic oxidation sites excluding steroid dienone is 4. The van der Waals surface area contributed by atoms with Crippen LogP contribution in [0.15, 0.2) is 65.8 Å². The van der Waals surface area contributed by atoms with Gasteiger partial charge in [-0.15, -0.1) is 0 Å². The number of hydrogen-bond donors (Lipinski definition) is 0. The summed E-state index contributed by atoms with van der Waals surface area (Å²) in [6.07, 6.45) is 12.9. The number of ketones is 1. The standard InChI is InChI=1S/C30H36O/c1-4-27-25(15-14-23-13-12-21(2)20-22(23)3)16-17-26(27)18-19-30(31)29-11-7-9-24-8-5-6-10-28(24)29/h5-6,8,10,12-13,16-17,20,27,29H,4,7,9,11,14-15,18-19H2,1-3H3. The zero-order valence-electron chi connectivity index (χ0n) is 19.4. The molecule has 0 radical (unpaired) electrons. The minimum absolute atomic E-state index is 0.115. The highest BCUT2D eigenvalue weighted by atomic mass is 16.1. The van der Waals surface area contributed by atoms with Crippen molar-refractivity contribution >= 4 is 5.78 Å². The van der Waals surface area contributed by atoms with Gasteiger partial charge in [-0.3, -0.25) is 4.79 Å². The molecule has 2 aliphatic rings. The quantitative estimate of drug-likeness (QED) is 0.436. The third kappa shape index (κ3) is 4.92. The van der Waals surface area contributed by atoms with Crippen LogP contribution in [0.1, 0.15) is 79.2 Å². The van der Waals surface area contributed by atoms with Gasteiger partial charge in [0.25, 0.3) is 0 Å². The second-order valence-electron chi connectivity index (χ2n) is 9.48. The molecule has 0 heterocycles. The number of carbonyl (C=O) groups excluding carboxylic acids is 1. The van der Waals surface area contributed by atoms with Gasteiger partial charge < -0.3 is 0 Å². The summed E-state index contributed by atoms with van der Waals surface area (Å²) in [6.45, 7) is 6.67. The van der Waals surface area contributed by atoms with Crippen molar-refractivity contribution in [2.75, 3.05) is 0 Å². The first kappa shape index (κ1) is 21.8. The molecule has 4 rings (SSSR count). The van der Waals surface area contributed by atoms with Crippen molar-refractivity contribution < 1.29 is 4.79 Å². The van der Waals surface area contributed by atoms with Crippen molar-refractivity contribution in [1.29, 1.82) is 0 Å². The largest absolute Gasteiger partial charge is 0.299 e. The third-order valence-electron chi connectivity index (χ3n) is 7.41. The molecule has 0 bridgehead atoms. The topological polar surface area (TPSA) is 17.1 Å². The molecular weight excluding hydrogens is 376 g/mol. The second kappa shape index (κ2) is 9.81. The lowest BCUT2D eigenvalue weighted by atomic mass is 9.78. The van der Waals surface area contributed by atoms with E-state index in [-0.39, 0.29) is 5.92 Å². The number of fused-ring (bicyclic) bond motifs is 1. The fourth-order valence-electron chi connectivity index (χ4n) is 5.66. The van der Waals surface area contributed by atoms with Gasteiger partial charge >= 0.3 is 0 Å². The average molecular weight is 413 g/mol. The molecule has 1 heteroatoms. The Bertz CT molecular complexity index is 1010. The molecule has 2 aliphatic carbocycles. The van der Waals surface area contributed by atoms with Gasteiger partial charge in [-0.05, 0) is 81.0 Å². The average Bonchev–Trinajstić information content (AvgIpc) is 3.18. The van der Waals surface area contributed by atoms with E-state index >= 15 is 0 Å². The Hall–Kier alpha value is -2.41. The zero-order valence-corrected chi connectivity index (χ0v) is 19.4. The van der Waals surface area contributed by atoms with E-state index in [0.717, 1.165) is 44.9 Å². The normalized spacial score (nSPS) is 20.2. The van der Waals surface area contributed by atoms with Crippen LogP contribution in [-0.2, 0) is 17.6 Å². The van der Waals surface area contributed by atoms with Gasteiger partial charge in [-0.1, -0.05) is 78.3 Å². The summed E-state index contributed by atoms with van der Waals surface area (Å²) in [7, 11) is 0. The maximum atomic E-state index is 13.1. The van der Waals surface area contributed by atoms with Crippen molar-refractivity contribution in [3.8, 4) is 0 Å². The van der Waals surface area contributed by atoms with E-state index < -0.39 is 0 Å². The molecule has 0 aliphatic heterocycles. The molecule has 0 saturated heterocycles. The van der Waals surface area contributed by atoms with Crippen LogP contribution >= 0.6 is 0 Å². The molecule has 0 fully saturated rings. The van der Waals surface area contributed by atoms with Gasteiger partial charge in [-0.25, -0.2) is 0 Å². The van der Waals surface area contributed by atoms with Crippen molar-refractivity contribution in [2.45, 2.75) is 78.1 Å². The fraction of sp³-hybridized carbons (Fsp3) is 0.433. The highest BCUT2D eigenvalue weighted by Crippen LogP contribution is 2.37. The van der Waals surface area contributed by atoms with Crippen LogP contribution in [0.3, 0.4) is 0 Å². The number of benzene rings is 2. The van der Waals surface area contributed by atoms with Gasteiger partial charge in [0, 0.05) is 18.3 Å². The predicted molar refractivity (Wildman–Crippen MR) is 131 cm³/mol. The van der Waals surface area contributed by atoms with Gasteiger partial charge in [0.2, 0.25) is 0 Å². The Balaban J connectivity index is 1.33. The van der Waals surface area contributed by atoms with Crippen LogP contribution in [0.2, 0.25) is 0 Å². The number of carbonyl (C=O) groups is 1. The molecule has 0 N–H and O–H groups in total. The lowest BCUT2D eigenvalue weighted by Gasteiger charge is -2.25. The Morgan fingerprint density at radius 1 is 0.968 bits per heavy atom. The van der Waals surface area contributed by atoms with Crippen LogP contribution in [0.4, 0.5) is 0 Å². The zero-order chi connectivity index (χ0) is 21.8. The van der Waals surface area contributed by atoms with Gasteiger partial charge in [0.15, 0.2) is 0 Å². The molecule has 162 valence electrons.